The number of methoxy groups -OCH3 is 1. The molecule has 188 valence electrons. The highest BCUT2D eigenvalue weighted by molar-refractivity contribution is 7.16. The van der Waals surface area contributed by atoms with Crippen LogP contribution >= 0.6 is 11.3 Å². The third kappa shape index (κ3) is 6.76. The van der Waals surface area contributed by atoms with Gasteiger partial charge in [0.1, 0.15) is 17.5 Å². The number of rotatable bonds is 9. The van der Waals surface area contributed by atoms with Crippen molar-refractivity contribution in [3.05, 3.63) is 69.3 Å². The predicted octanol–water partition coefficient (Wildman–Crippen LogP) is 0.889. The summed E-state index contributed by atoms with van der Waals surface area (Å²) in [5.74, 6) is -2.77. The number of nitrogens with zero attached hydrogens (tertiary/aromatic N) is 2. The SMILES string of the molecule is COC(=O)[C@H](CNC(=O)c1cnc(O)cn1)NC(=O)c1sc(C(=O)NCc2cccc(O)c2)cc1C. The Morgan fingerprint density at radius 1 is 1.03 bits per heavy atom. The van der Waals surface area contributed by atoms with E-state index in [2.05, 4.69) is 25.9 Å². The number of esters is 1. The van der Waals surface area contributed by atoms with Crippen LogP contribution in [-0.2, 0) is 16.1 Å². The van der Waals surface area contributed by atoms with Gasteiger partial charge in [0.05, 0.1) is 29.3 Å². The maximum atomic E-state index is 12.9. The fourth-order valence-electron chi connectivity index (χ4n) is 3.04. The Balaban J connectivity index is 1.63. The lowest BCUT2D eigenvalue weighted by Crippen LogP contribution is -2.49. The molecule has 0 radical (unpaired) electrons. The molecule has 0 aliphatic carbocycles. The molecule has 13 heteroatoms. The molecule has 1 aromatic carbocycles. The lowest BCUT2D eigenvalue weighted by molar-refractivity contribution is -0.142. The number of nitrogens with one attached hydrogen (secondary N) is 3. The molecule has 2 heterocycles. The summed E-state index contributed by atoms with van der Waals surface area (Å²) in [6.07, 6.45) is 2.05. The van der Waals surface area contributed by atoms with Crippen molar-refractivity contribution in [3.63, 3.8) is 0 Å². The van der Waals surface area contributed by atoms with Crippen LogP contribution in [-0.4, -0.2) is 63.6 Å². The van der Waals surface area contributed by atoms with E-state index in [1.807, 2.05) is 0 Å². The highest BCUT2D eigenvalue weighted by atomic mass is 32.1. The van der Waals surface area contributed by atoms with Crippen LogP contribution < -0.4 is 16.0 Å². The third-order valence-electron chi connectivity index (χ3n) is 4.84. The van der Waals surface area contributed by atoms with E-state index in [1.54, 1.807) is 25.1 Å². The van der Waals surface area contributed by atoms with Crippen molar-refractivity contribution in [1.82, 2.24) is 25.9 Å². The summed E-state index contributed by atoms with van der Waals surface area (Å²) in [6.45, 7) is 1.53. The molecule has 0 spiro atoms. The van der Waals surface area contributed by atoms with Gasteiger partial charge in [-0.05, 0) is 36.2 Å². The highest BCUT2D eigenvalue weighted by Crippen LogP contribution is 2.22. The molecular weight excluding hydrogens is 490 g/mol. The van der Waals surface area contributed by atoms with Gasteiger partial charge in [0.25, 0.3) is 17.7 Å². The van der Waals surface area contributed by atoms with Crippen molar-refractivity contribution in [2.24, 2.45) is 0 Å². The summed E-state index contributed by atoms with van der Waals surface area (Å²) < 4.78 is 4.71. The van der Waals surface area contributed by atoms with Gasteiger partial charge in [-0.15, -0.1) is 11.3 Å². The molecule has 3 amide bonds. The van der Waals surface area contributed by atoms with Crippen LogP contribution in [0.2, 0.25) is 0 Å². The van der Waals surface area contributed by atoms with Crippen LogP contribution in [0.15, 0.2) is 42.7 Å². The first kappa shape index (κ1) is 26.1. The molecule has 36 heavy (non-hydrogen) atoms. The normalized spacial score (nSPS) is 11.3. The number of ether oxygens (including phenoxy) is 1. The third-order valence-corrected chi connectivity index (χ3v) is 6.07. The summed E-state index contributed by atoms with van der Waals surface area (Å²) in [7, 11) is 1.14. The van der Waals surface area contributed by atoms with Crippen LogP contribution in [0.1, 0.15) is 41.0 Å². The van der Waals surface area contributed by atoms with Gasteiger partial charge < -0.3 is 30.9 Å². The molecule has 0 fully saturated rings. The molecule has 0 aliphatic heterocycles. The monoisotopic (exact) mass is 513 g/mol. The second kappa shape index (κ2) is 11.8. The standard InChI is InChI=1S/C23H23N5O7S/c1-12-6-17(21(32)26-8-13-4-3-5-14(29)7-13)36-19(12)22(33)28-16(23(34)35-2)10-27-20(31)15-9-25-18(30)11-24-15/h3-7,9,11,16,29H,8,10H2,1-2H3,(H,25,30)(H,26,32)(H,27,31)(H,28,33)/t16-/m0/s1. The first-order chi connectivity index (χ1) is 17.2. The zero-order valence-electron chi connectivity index (χ0n) is 19.3. The maximum absolute atomic E-state index is 12.9. The summed E-state index contributed by atoms with van der Waals surface area (Å²) in [4.78, 5) is 57.6. The fourth-order valence-corrected chi connectivity index (χ4v) is 4.03. The number of hydrogen-bond acceptors (Lipinski definition) is 10. The number of aromatic nitrogens is 2. The number of hydrogen-bond donors (Lipinski definition) is 5. The Morgan fingerprint density at radius 3 is 2.47 bits per heavy atom. The lowest BCUT2D eigenvalue weighted by Gasteiger charge is -2.17. The highest BCUT2D eigenvalue weighted by Gasteiger charge is 2.26. The van der Waals surface area contributed by atoms with Crippen molar-refractivity contribution >= 4 is 35.0 Å². The minimum absolute atomic E-state index is 0.0834. The van der Waals surface area contributed by atoms with Crippen molar-refractivity contribution in [1.29, 1.82) is 0 Å². The molecule has 0 saturated carbocycles. The van der Waals surface area contributed by atoms with Gasteiger partial charge in [-0.1, -0.05) is 12.1 Å². The summed E-state index contributed by atoms with van der Waals surface area (Å²) in [5, 5.41) is 26.4. The van der Waals surface area contributed by atoms with Gasteiger partial charge >= 0.3 is 5.97 Å². The van der Waals surface area contributed by atoms with Crippen molar-refractivity contribution in [3.8, 4) is 11.6 Å². The average molecular weight is 514 g/mol. The second-order valence-electron chi connectivity index (χ2n) is 7.49. The molecule has 5 N–H and O–H groups in total. The van der Waals surface area contributed by atoms with Gasteiger partial charge in [0.2, 0.25) is 5.88 Å². The molecule has 3 rings (SSSR count). The van der Waals surface area contributed by atoms with Gasteiger partial charge in [0, 0.05) is 13.1 Å². The summed E-state index contributed by atoms with van der Waals surface area (Å²) in [6, 6.07) is 6.79. The molecule has 2 aromatic heterocycles. The van der Waals surface area contributed by atoms with E-state index >= 15 is 0 Å². The first-order valence-electron chi connectivity index (χ1n) is 10.5. The lowest BCUT2D eigenvalue weighted by atomic mass is 10.2. The van der Waals surface area contributed by atoms with E-state index in [0.717, 1.165) is 30.8 Å². The second-order valence-corrected chi connectivity index (χ2v) is 8.55. The van der Waals surface area contributed by atoms with Crippen LogP contribution in [0.25, 0.3) is 0 Å². The van der Waals surface area contributed by atoms with Crippen molar-refractivity contribution in [2.45, 2.75) is 19.5 Å². The number of phenolic OH excluding ortho intramolecular Hbond substituents is 1. The largest absolute Gasteiger partial charge is 0.508 e. The predicted molar refractivity (Wildman–Crippen MR) is 128 cm³/mol. The molecule has 0 unspecified atom stereocenters. The number of benzene rings is 1. The van der Waals surface area contributed by atoms with E-state index in [9.17, 15) is 29.4 Å². The fraction of sp³-hybridized carbons (Fsp3) is 0.217. The zero-order chi connectivity index (χ0) is 26.2. The molecular formula is C23H23N5O7S. The molecule has 0 bridgehead atoms. The van der Waals surface area contributed by atoms with Crippen LogP contribution in [0.5, 0.6) is 11.6 Å². The van der Waals surface area contributed by atoms with Gasteiger partial charge in [-0.3, -0.25) is 14.4 Å². The van der Waals surface area contributed by atoms with Gasteiger partial charge in [0.15, 0.2) is 0 Å². The molecule has 12 nitrogen and oxygen atoms in total. The first-order valence-corrected chi connectivity index (χ1v) is 11.3. The number of carbonyl (C=O) groups excluding carboxylic acids is 4. The minimum atomic E-state index is -1.22. The summed E-state index contributed by atoms with van der Waals surface area (Å²) in [5.41, 5.74) is 1.13. The van der Waals surface area contributed by atoms with Crippen LogP contribution in [0.3, 0.4) is 0 Å². The molecule has 0 saturated heterocycles. The Kier molecular flexibility index (Phi) is 8.52. The molecule has 3 aromatic rings. The number of carbonyl (C=O) groups is 4. The van der Waals surface area contributed by atoms with Crippen LogP contribution in [0, 0.1) is 6.92 Å². The Bertz CT molecular complexity index is 1280. The summed E-state index contributed by atoms with van der Waals surface area (Å²) >= 11 is 0.943. The number of phenols is 1. The Morgan fingerprint density at radius 2 is 1.81 bits per heavy atom. The number of thiophene rings is 1. The topological polar surface area (TPSA) is 180 Å². The number of aromatic hydroxyl groups is 2. The van der Waals surface area contributed by atoms with E-state index in [1.165, 1.54) is 12.1 Å². The quantitative estimate of drug-likeness (QED) is 0.260. The Hall–Kier alpha value is -4.52. The van der Waals surface area contributed by atoms with Gasteiger partial charge in [-0.2, -0.15) is 0 Å². The van der Waals surface area contributed by atoms with Gasteiger partial charge in [-0.25, -0.2) is 14.8 Å². The van der Waals surface area contributed by atoms with Crippen molar-refractivity contribution < 1.29 is 34.1 Å². The smallest absolute Gasteiger partial charge is 0.330 e. The van der Waals surface area contributed by atoms with Crippen molar-refractivity contribution in [2.75, 3.05) is 13.7 Å². The minimum Gasteiger partial charge on any atom is -0.508 e. The number of aryl methyl sites for hydroxylation is 1. The molecule has 0 aliphatic rings. The Labute approximate surface area is 209 Å². The maximum Gasteiger partial charge on any atom is 0.330 e. The van der Waals surface area contributed by atoms with E-state index < -0.39 is 29.7 Å². The average Bonchev–Trinajstić information content (AvgIpc) is 3.26. The van der Waals surface area contributed by atoms with Crippen LogP contribution in [0.4, 0.5) is 0 Å². The number of amides is 3. The van der Waals surface area contributed by atoms with E-state index in [0.29, 0.717) is 11.1 Å². The zero-order valence-corrected chi connectivity index (χ0v) is 20.1. The van der Waals surface area contributed by atoms with E-state index in [4.69, 9.17) is 4.74 Å². The molecule has 1 atom stereocenters. The van der Waals surface area contributed by atoms with E-state index in [-0.39, 0.29) is 40.2 Å².